The van der Waals surface area contributed by atoms with Crippen molar-refractivity contribution in [1.82, 2.24) is 15.3 Å². The summed E-state index contributed by atoms with van der Waals surface area (Å²) in [5.74, 6) is 0.597. The van der Waals surface area contributed by atoms with Crippen molar-refractivity contribution < 1.29 is 4.79 Å². The maximum absolute atomic E-state index is 12.3. The number of anilines is 1. The second-order valence-electron chi connectivity index (χ2n) is 6.69. The molecule has 0 saturated carbocycles. The van der Waals surface area contributed by atoms with Gasteiger partial charge in [0.1, 0.15) is 0 Å². The summed E-state index contributed by atoms with van der Waals surface area (Å²) in [6.07, 6.45) is 8.01. The zero-order chi connectivity index (χ0) is 17.6. The third-order valence-corrected chi connectivity index (χ3v) is 4.83. The summed E-state index contributed by atoms with van der Waals surface area (Å²) in [7, 11) is 0. The topological polar surface area (TPSA) is 58.1 Å². The van der Waals surface area contributed by atoms with Gasteiger partial charge < -0.3 is 10.2 Å². The Labute approximate surface area is 149 Å². The van der Waals surface area contributed by atoms with Crippen LogP contribution >= 0.6 is 0 Å². The molecule has 1 aromatic heterocycles. The molecule has 0 radical (unpaired) electrons. The van der Waals surface area contributed by atoms with Gasteiger partial charge >= 0.3 is 0 Å². The lowest BCUT2D eigenvalue weighted by molar-refractivity contribution is 0.0950. The van der Waals surface area contributed by atoms with E-state index >= 15 is 0 Å². The monoisotopic (exact) mass is 338 g/mol. The molecule has 2 aromatic rings. The van der Waals surface area contributed by atoms with Gasteiger partial charge in [0.2, 0.25) is 5.95 Å². The Morgan fingerprint density at radius 3 is 2.60 bits per heavy atom. The third kappa shape index (κ3) is 4.35. The number of aryl methyl sites for hydroxylation is 1. The van der Waals surface area contributed by atoms with E-state index in [4.69, 9.17) is 0 Å². The standard InChI is InChI=1S/C20H26N4O/c1-3-18-6-4-5-11-24(18)20-22-13-17(14-23-20)19(25)21-12-16-9-7-15(2)8-10-16/h7-10,13-14,18H,3-6,11-12H2,1-2H3,(H,21,25). The van der Waals surface area contributed by atoms with E-state index in [9.17, 15) is 4.79 Å². The van der Waals surface area contributed by atoms with E-state index < -0.39 is 0 Å². The fraction of sp³-hybridized carbons (Fsp3) is 0.450. The maximum Gasteiger partial charge on any atom is 0.254 e. The quantitative estimate of drug-likeness (QED) is 0.907. The Morgan fingerprint density at radius 2 is 1.92 bits per heavy atom. The minimum atomic E-state index is -0.141. The van der Waals surface area contributed by atoms with Crippen LogP contribution in [-0.2, 0) is 6.54 Å². The fourth-order valence-corrected chi connectivity index (χ4v) is 3.27. The van der Waals surface area contributed by atoms with Gasteiger partial charge in [-0.2, -0.15) is 0 Å². The molecule has 1 atom stereocenters. The van der Waals surface area contributed by atoms with Crippen molar-refractivity contribution in [2.45, 2.75) is 52.1 Å². The number of rotatable bonds is 5. The van der Waals surface area contributed by atoms with Crippen LogP contribution in [0.2, 0.25) is 0 Å². The number of hydrogen-bond acceptors (Lipinski definition) is 4. The molecule has 2 heterocycles. The van der Waals surface area contributed by atoms with Crippen molar-refractivity contribution in [3.63, 3.8) is 0 Å². The number of nitrogens with one attached hydrogen (secondary N) is 1. The van der Waals surface area contributed by atoms with Crippen molar-refractivity contribution in [3.8, 4) is 0 Å². The molecule has 1 saturated heterocycles. The normalized spacial score (nSPS) is 17.4. The SMILES string of the molecule is CCC1CCCCN1c1ncc(C(=O)NCc2ccc(C)cc2)cn1. The molecule has 1 aliphatic heterocycles. The summed E-state index contributed by atoms with van der Waals surface area (Å²) >= 11 is 0. The van der Waals surface area contributed by atoms with E-state index in [1.165, 1.54) is 24.8 Å². The van der Waals surface area contributed by atoms with E-state index in [0.717, 1.165) is 24.5 Å². The van der Waals surface area contributed by atoms with Gasteiger partial charge in [0.25, 0.3) is 5.91 Å². The van der Waals surface area contributed by atoms with Crippen LogP contribution in [0.3, 0.4) is 0 Å². The first-order chi connectivity index (χ1) is 12.2. The lowest BCUT2D eigenvalue weighted by Crippen LogP contribution is -2.40. The highest BCUT2D eigenvalue weighted by Crippen LogP contribution is 2.23. The number of carbonyl (C=O) groups is 1. The summed E-state index contributed by atoms with van der Waals surface area (Å²) in [6.45, 7) is 5.75. The van der Waals surface area contributed by atoms with Crippen LogP contribution in [0.15, 0.2) is 36.7 Å². The number of nitrogens with zero attached hydrogens (tertiary/aromatic N) is 3. The molecule has 5 nitrogen and oxygen atoms in total. The number of amides is 1. The largest absolute Gasteiger partial charge is 0.348 e. The highest BCUT2D eigenvalue weighted by atomic mass is 16.1. The summed E-state index contributed by atoms with van der Waals surface area (Å²) < 4.78 is 0. The van der Waals surface area contributed by atoms with Crippen LogP contribution in [-0.4, -0.2) is 28.5 Å². The molecule has 0 bridgehead atoms. The molecule has 3 rings (SSSR count). The fourth-order valence-electron chi connectivity index (χ4n) is 3.27. The van der Waals surface area contributed by atoms with Gasteiger partial charge in [0.05, 0.1) is 5.56 Å². The first kappa shape index (κ1) is 17.4. The number of piperidine rings is 1. The summed E-state index contributed by atoms with van der Waals surface area (Å²) in [4.78, 5) is 23.4. The average Bonchev–Trinajstić information content (AvgIpc) is 2.67. The second kappa shape index (κ2) is 8.10. The molecule has 1 amide bonds. The highest BCUT2D eigenvalue weighted by Gasteiger charge is 2.23. The molecule has 25 heavy (non-hydrogen) atoms. The smallest absolute Gasteiger partial charge is 0.254 e. The molecule has 1 fully saturated rings. The number of hydrogen-bond donors (Lipinski definition) is 1. The molecule has 1 aromatic carbocycles. The van der Waals surface area contributed by atoms with Crippen molar-refractivity contribution in [2.75, 3.05) is 11.4 Å². The maximum atomic E-state index is 12.3. The molecule has 132 valence electrons. The van der Waals surface area contributed by atoms with Crippen LogP contribution in [0.1, 0.15) is 54.1 Å². The zero-order valence-electron chi connectivity index (χ0n) is 15.0. The van der Waals surface area contributed by atoms with E-state index in [0.29, 0.717) is 18.2 Å². The minimum absolute atomic E-state index is 0.141. The Balaban J connectivity index is 1.61. The minimum Gasteiger partial charge on any atom is -0.348 e. The molecule has 5 heteroatoms. The summed E-state index contributed by atoms with van der Waals surface area (Å²) in [5.41, 5.74) is 2.79. The molecule has 1 aliphatic rings. The van der Waals surface area contributed by atoms with Gasteiger partial charge in [-0.05, 0) is 38.2 Å². The Hall–Kier alpha value is -2.43. The van der Waals surface area contributed by atoms with Crippen molar-refractivity contribution in [2.24, 2.45) is 0 Å². The molecular formula is C20H26N4O. The van der Waals surface area contributed by atoms with Crippen LogP contribution < -0.4 is 10.2 Å². The summed E-state index contributed by atoms with van der Waals surface area (Å²) in [6, 6.07) is 8.65. The van der Waals surface area contributed by atoms with Crippen molar-refractivity contribution in [3.05, 3.63) is 53.3 Å². The Morgan fingerprint density at radius 1 is 1.20 bits per heavy atom. The van der Waals surface area contributed by atoms with E-state index in [-0.39, 0.29) is 5.91 Å². The van der Waals surface area contributed by atoms with Gasteiger partial charge in [-0.25, -0.2) is 9.97 Å². The van der Waals surface area contributed by atoms with Crippen LogP contribution in [0.4, 0.5) is 5.95 Å². The second-order valence-corrected chi connectivity index (χ2v) is 6.69. The molecule has 1 unspecified atom stereocenters. The average molecular weight is 338 g/mol. The lowest BCUT2D eigenvalue weighted by Gasteiger charge is -2.35. The summed E-state index contributed by atoms with van der Waals surface area (Å²) in [5, 5.41) is 2.92. The highest BCUT2D eigenvalue weighted by molar-refractivity contribution is 5.93. The van der Waals surface area contributed by atoms with Gasteiger partial charge in [0, 0.05) is 31.5 Å². The van der Waals surface area contributed by atoms with Gasteiger partial charge in [-0.1, -0.05) is 36.8 Å². The number of benzene rings is 1. The first-order valence-corrected chi connectivity index (χ1v) is 9.10. The molecular weight excluding hydrogens is 312 g/mol. The predicted molar refractivity (Wildman–Crippen MR) is 99.7 cm³/mol. The Bertz CT molecular complexity index is 697. The molecule has 1 N–H and O–H groups in total. The predicted octanol–water partition coefficient (Wildman–Crippen LogP) is 3.48. The number of carbonyl (C=O) groups excluding carboxylic acids is 1. The Kier molecular flexibility index (Phi) is 5.64. The number of aromatic nitrogens is 2. The van der Waals surface area contributed by atoms with Gasteiger partial charge in [0.15, 0.2) is 0 Å². The molecule has 0 spiro atoms. The first-order valence-electron chi connectivity index (χ1n) is 9.10. The van der Waals surface area contributed by atoms with E-state index in [1.54, 1.807) is 12.4 Å². The third-order valence-electron chi connectivity index (χ3n) is 4.83. The van der Waals surface area contributed by atoms with Crippen LogP contribution in [0.25, 0.3) is 0 Å². The lowest BCUT2D eigenvalue weighted by atomic mass is 10.0. The van der Waals surface area contributed by atoms with Crippen molar-refractivity contribution in [1.29, 1.82) is 0 Å². The zero-order valence-corrected chi connectivity index (χ0v) is 15.0. The van der Waals surface area contributed by atoms with Crippen molar-refractivity contribution >= 4 is 11.9 Å². The van der Waals surface area contributed by atoms with Crippen LogP contribution in [0.5, 0.6) is 0 Å². The van der Waals surface area contributed by atoms with Gasteiger partial charge in [-0.3, -0.25) is 4.79 Å². The van der Waals surface area contributed by atoms with Gasteiger partial charge in [-0.15, -0.1) is 0 Å². The van der Waals surface area contributed by atoms with Crippen LogP contribution in [0, 0.1) is 6.92 Å². The van der Waals surface area contributed by atoms with E-state index in [1.807, 2.05) is 31.2 Å². The molecule has 0 aliphatic carbocycles. The van der Waals surface area contributed by atoms with E-state index in [2.05, 4.69) is 27.1 Å².